The molecule has 0 unspecified atom stereocenters. The molecule has 0 atom stereocenters. The predicted molar refractivity (Wildman–Crippen MR) is 119 cm³/mol. The highest BCUT2D eigenvalue weighted by molar-refractivity contribution is 6.19. The number of aliphatic imine (C=N–C) groups is 3. The van der Waals surface area contributed by atoms with Gasteiger partial charge in [-0.2, -0.15) is 15.2 Å². The van der Waals surface area contributed by atoms with Crippen molar-refractivity contribution in [3.63, 3.8) is 0 Å². The molecule has 0 bridgehead atoms. The van der Waals surface area contributed by atoms with Crippen molar-refractivity contribution in [3.05, 3.63) is 23.9 Å². The number of nitriles is 1. The number of methoxy groups -OCH3 is 1. The standard InChI is InChI=1S/C20H26N8O2.H2/c1-3-15(12-21)23-6-7-24-20(22)26-18-5-4-17(19(25-18)29-2)28-10-8-27(9-11-28)16-13-30-14-16;/h3-7,16H,8-11,13-14H2,1-2H3,(H2,22,25,26);1H/b15-3+,23-6+,24-7+;. The van der Waals surface area contributed by atoms with Crippen LogP contribution in [0.1, 0.15) is 8.35 Å². The van der Waals surface area contributed by atoms with E-state index in [0.29, 0.717) is 23.4 Å². The molecule has 2 saturated heterocycles. The molecule has 160 valence electrons. The van der Waals surface area contributed by atoms with E-state index in [1.54, 1.807) is 26.2 Å². The molecule has 10 nitrogen and oxygen atoms in total. The molecular weight excluding hydrogens is 384 g/mol. The molecule has 0 aromatic carbocycles. The van der Waals surface area contributed by atoms with E-state index in [9.17, 15) is 0 Å². The first-order valence-corrected chi connectivity index (χ1v) is 9.73. The number of aromatic nitrogens is 1. The van der Waals surface area contributed by atoms with Crippen LogP contribution in [-0.4, -0.2) is 80.8 Å². The molecule has 2 aliphatic heterocycles. The van der Waals surface area contributed by atoms with Gasteiger partial charge in [-0.05, 0) is 19.1 Å². The largest absolute Gasteiger partial charge is 0.479 e. The van der Waals surface area contributed by atoms with Gasteiger partial charge in [0.2, 0.25) is 11.8 Å². The maximum Gasteiger partial charge on any atom is 0.239 e. The molecule has 10 heteroatoms. The summed E-state index contributed by atoms with van der Waals surface area (Å²) in [6.45, 7) is 7.18. The average Bonchev–Trinajstić information content (AvgIpc) is 2.73. The second kappa shape index (κ2) is 10.5. The molecule has 1 aromatic heterocycles. The fourth-order valence-electron chi connectivity index (χ4n) is 3.18. The first kappa shape index (κ1) is 21.4. The Bertz CT molecular complexity index is 897. The number of pyridine rings is 1. The number of rotatable bonds is 6. The Hall–Kier alpha value is -3.29. The van der Waals surface area contributed by atoms with Crippen LogP contribution in [0.4, 0.5) is 11.5 Å². The number of nitrogens with zero attached hydrogens (tertiary/aromatic N) is 7. The summed E-state index contributed by atoms with van der Waals surface area (Å²) in [4.78, 5) is 21.3. The minimum Gasteiger partial charge on any atom is -0.479 e. The second-order valence-corrected chi connectivity index (χ2v) is 6.72. The zero-order valence-electron chi connectivity index (χ0n) is 17.2. The lowest BCUT2D eigenvalue weighted by atomic mass is 10.1. The number of hydrogen-bond acceptors (Lipinski definition) is 8. The van der Waals surface area contributed by atoms with Crippen LogP contribution < -0.4 is 15.4 Å². The van der Waals surface area contributed by atoms with Crippen LogP contribution in [0.3, 0.4) is 0 Å². The predicted octanol–water partition coefficient (Wildman–Crippen LogP) is 1.37. The average molecular weight is 412 g/mol. The Morgan fingerprint density at radius 3 is 2.63 bits per heavy atom. The van der Waals surface area contributed by atoms with Crippen molar-refractivity contribution in [2.75, 3.05) is 51.4 Å². The summed E-state index contributed by atoms with van der Waals surface area (Å²) in [5.41, 5.74) is 7.05. The van der Waals surface area contributed by atoms with E-state index in [4.69, 9.17) is 20.5 Å². The van der Waals surface area contributed by atoms with Crippen molar-refractivity contribution in [1.29, 1.82) is 5.26 Å². The third-order valence-electron chi connectivity index (χ3n) is 4.91. The normalized spacial score (nSPS) is 19.3. The number of ether oxygens (including phenoxy) is 2. The molecule has 2 aliphatic rings. The lowest BCUT2D eigenvalue weighted by Gasteiger charge is -2.43. The highest BCUT2D eigenvalue weighted by Crippen LogP contribution is 2.30. The minimum absolute atomic E-state index is 0. The Balaban J connectivity index is 0.00000341. The van der Waals surface area contributed by atoms with E-state index in [0.717, 1.165) is 45.1 Å². The van der Waals surface area contributed by atoms with Gasteiger partial charge in [0.1, 0.15) is 17.5 Å². The zero-order chi connectivity index (χ0) is 21.3. The number of guanidine groups is 1. The van der Waals surface area contributed by atoms with Crippen LogP contribution in [0.25, 0.3) is 0 Å². The van der Waals surface area contributed by atoms with E-state index < -0.39 is 0 Å². The summed E-state index contributed by atoms with van der Waals surface area (Å²) in [6, 6.07) is 6.23. The lowest BCUT2D eigenvalue weighted by Crippen LogP contribution is -2.56. The van der Waals surface area contributed by atoms with Gasteiger partial charge < -0.3 is 20.1 Å². The van der Waals surface area contributed by atoms with Gasteiger partial charge in [-0.25, -0.2) is 9.98 Å². The van der Waals surface area contributed by atoms with E-state index >= 15 is 0 Å². The van der Waals surface area contributed by atoms with Crippen molar-refractivity contribution < 1.29 is 10.9 Å². The number of anilines is 1. The fourth-order valence-corrected chi connectivity index (χ4v) is 3.18. The summed E-state index contributed by atoms with van der Waals surface area (Å²) >= 11 is 0. The van der Waals surface area contributed by atoms with Crippen molar-refractivity contribution in [2.45, 2.75) is 13.0 Å². The number of piperazine rings is 1. The molecule has 3 rings (SSSR count). The molecule has 3 heterocycles. The molecule has 30 heavy (non-hydrogen) atoms. The third kappa shape index (κ3) is 5.40. The molecule has 1 aromatic rings. The molecule has 0 radical (unpaired) electrons. The monoisotopic (exact) mass is 412 g/mol. The van der Waals surface area contributed by atoms with Gasteiger partial charge >= 0.3 is 0 Å². The van der Waals surface area contributed by atoms with Crippen LogP contribution in [0, 0.1) is 11.3 Å². The SMILES string of the molecule is C/C=C(C#N)/N=C/C=N/C(N)=Nc1ccc(N2CCN(C3COC3)CC2)c(OC)n1.[HH]. The third-order valence-corrected chi connectivity index (χ3v) is 4.91. The topological polar surface area (TPSA) is 125 Å². The highest BCUT2D eigenvalue weighted by atomic mass is 16.5. The van der Waals surface area contributed by atoms with Crippen molar-refractivity contribution in [3.8, 4) is 11.9 Å². The second-order valence-electron chi connectivity index (χ2n) is 6.72. The molecule has 2 N–H and O–H groups in total. The van der Waals surface area contributed by atoms with Crippen molar-refractivity contribution in [1.82, 2.24) is 9.88 Å². The van der Waals surface area contributed by atoms with Gasteiger partial charge in [-0.1, -0.05) is 6.08 Å². The van der Waals surface area contributed by atoms with Crippen LogP contribution in [0.2, 0.25) is 0 Å². The quantitative estimate of drug-likeness (QED) is 0.425. The van der Waals surface area contributed by atoms with Crippen molar-refractivity contribution >= 4 is 29.9 Å². The van der Waals surface area contributed by atoms with Gasteiger partial charge in [-0.15, -0.1) is 0 Å². The Kier molecular flexibility index (Phi) is 7.48. The summed E-state index contributed by atoms with van der Waals surface area (Å²) in [5.74, 6) is 0.930. The molecule has 0 aliphatic carbocycles. The van der Waals surface area contributed by atoms with Crippen LogP contribution in [0.15, 0.2) is 38.9 Å². The van der Waals surface area contributed by atoms with Crippen LogP contribution >= 0.6 is 0 Å². The zero-order valence-corrected chi connectivity index (χ0v) is 17.2. The first-order valence-electron chi connectivity index (χ1n) is 9.73. The van der Waals surface area contributed by atoms with Gasteiger partial charge in [0.25, 0.3) is 0 Å². The minimum atomic E-state index is 0. The summed E-state index contributed by atoms with van der Waals surface area (Å²) < 4.78 is 10.8. The van der Waals surface area contributed by atoms with E-state index in [2.05, 4.69) is 29.8 Å². The highest BCUT2D eigenvalue weighted by Gasteiger charge is 2.29. The van der Waals surface area contributed by atoms with Crippen LogP contribution in [0.5, 0.6) is 5.88 Å². The lowest BCUT2D eigenvalue weighted by molar-refractivity contribution is -0.0660. The molecule has 2 fully saturated rings. The van der Waals surface area contributed by atoms with Crippen LogP contribution in [-0.2, 0) is 4.74 Å². The Labute approximate surface area is 177 Å². The Morgan fingerprint density at radius 2 is 2.03 bits per heavy atom. The van der Waals surface area contributed by atoms with E-state index in [1.165, 1.54) is 12.4 Å². The molecule has 0 saturated carbocycles. The Morgan fingerprint density at radius 1 is 1.30 bits per heavy atom. The van der Waals surface area contributed by atoms with Gasteiger partial charge in [0.05, 0.1) is 26.4 Å². The summed E-state index contributed by atoms with van der Waals surface area (Å²) in [7, 11) is 1.59. The van der Waals surface area contributed by atoms with Gasteiger partial charge in [0.15, 0.2) is 5.82 Å². The maximum absolute atomic E-state index is 8.79. The molecular formula is C20H28N8O2. The smallest absolute Gasteiger partial charge is 0.239 e. The fraction of sp³-hybridized carbons (Fsp3) is 0.450. The molecule has 0 spiro atoms. The number of allylic oxidation sites excluding steroid dienone is 2. The summed E-state index contributed by atoms with van der Waals surface area (Å²) in [6.07, 6.45) is 4.35. The van der Waals surface area contributed by atoms with E-state index in [1.807, 2.05) is 12.1 Å². The maximum atomic E-state index is 8.79. The van der Waals surface area contributed by atoms with Gasteiger partial charge in [-0.3, -0.25) is 4.90 Å². The molecule has 0 amide bonds. The summed E-state index contributed by atoms with van der Waals surface area (Å²) in [5, 5.41) is 8.79. The van der Waals surface area contributed by atoms with Crippen molar-refractivity contribution in [2.24, 2.45) is 20.7 Å². The van der Waals surface area contributed by atoms with Gasteiger partial charge in [0, 0.05) is 40.0 Å². The van der Waals surface area contributed by atoms with E-state index in [-0.39, 0.29) is 7.39 Å². The first-order chi connectivity index (χ1) is 14.6. The number of hydrogen-bond donors (Lipinski definition) is 1. The number of nitrogens with two attached hydrogens (primary N) is 1.